The Balaban J connectivity index is 2.74. The Hall–Kier alpha value is -0.910. The van der Waals surface area contributed by atoms with Crippen LogP contribution in [0.5, 0.6) is 0 Å². The van der Waals surface area contributed by atoms with Gasteiger partial charge in [-0.25, -0.2) is 13.6 Å². The van der Waals surface area contributed by atoms with Gasteiger partial charge in [0.15, 0.2) is 0 Å². The summed E-state index contributed by atoms with van der Waals surface area (Å²) in [6.45, 7) is 5.97. The zero-order valence-corrected chi connectivity index (χ0v) is 11.9. The number of ether oxygens (including phenoxy) is 1. The molecule has 0 aromatic heterocycles. The van der Waals surface area contributed by atoms with Crippen molar-refractivity contribution in [1.82, 2.24) is 4.90 Å². The molecular formula is C13H24F2N2O2. The molecule has 0 spiro atoms. The fourth-order valence-corrected chi connectivity index (χ4v) is 2.42. The largest absolute Gasteiger partial charge is 0.444 e. The highest BCUT2D eigenvalue weighted by Gasteiger charge is 2.44. The number of piperidine rings is 1. The third kappa shape index (κ3) is 4.30. The van der Waals surface area contributed by atoms with E-state index in [0.717, 1.165) is 0 Å². The maximum Gasteiger partial charge on any atom is 0.410 e. The molecule has 1 atom stereocenters. The summed E-state index contributed by atoms with van der Waals surface area (Å²) in [4.78, 5) is 13.3. The lowest BCUT2D eigenvalue weighted by Gasteiger charge is -2.42. The summed E-state index contributed by atoms with van der Waals surface area (Å²) in [5.74, 6) is 0. The SMILES string of the molecule is CC(C)(C)OC(=O)N1CCCC(CCN)(C(F)F)C1. The molecule has 6 heteroatoms. The van der Waals surface area contributed by atoms with Crippen molar-refractivity contribution in [2.45, 2.75) is 52.1 Å². The number of rotatable bonds is 3. The third-order valence-corrected chi connectivity index (χ3v) is 3.37. The van der Waals surface area contributed by atoms with Gasteiger partial charge in [0, 0.05) is 13.1 Å². The number of amides is 1. The molecule has 1 heterocycles. The first-order valence-corrected chi connectivity index (χ1v) is 6.66. The predicted molar refractivity (Wildman–Crippen MR) is 69.1 cm³/mol. The fourth-order valence-electron chi connectivity index (χ4n) is 2.42. The van der Waals surface area contributed by atoms with Crippen LogP contribution >= 0.6 is 0 Å². The Kier molecular flexibility index (Phi) is 5.12. The first-order valence-electron chi connectivity index (χ1n) is 6.66. The van der Waals surface area contributed by atoms with E-state index in [1.807, 2.05) is 0 Å². The van der Waals surface area contributed by atoms with Gasteiger partial charge in [0.05, 0.1) is 5.41 Å². The van der Waals surface area contributed by atoms with E-state index in [2.05, 4.69) is 0 Å². The van der Waals surface area contributed by atoms with Crippen LogP contribution in [0.2, 0.25) is 0 Å². The topological polar surface area (TPSA) is 55.6 Å². The second-order valence-electron chi connectivity index (χ2n) is 6.21. The number of hydrogen-bond acceptors (Lipinski definition) is 3. The third-order valence-electron chi connectivity index (χ3n) is 3.37. The lowest BCUT2D eigenvalue weighted by atomic mass is 9.77. The van der Waals surface area contributed by atoms with Crippen LogP contribution in [0.1, 0.15) is 40.0 Å². The minimum absolute atomic E-state index is 0.0246. The molecular weight excluding hydrogens is 254 g/mol. The van der Waals surface area contributed by atoms with Gasteiger partial charge in [-0.15, -0.1) is 0 Å². The van der Waals surface area contributed by atoms with Crippen molar-refractivity contribution in [3.63, 3.8) is 0 Å². The van der Waals surface area contributed by atoms with Crippen LogP contribution in [-0.2, 0) is 4.74 Å². The maximum absolute atomic E-state index is 13.3. The Bertz CT molecular complexity index is 314. The Morgan fingerprint density at radius 2 is 2.11 bits per heavy atom. The molecule has 1 rings (SSSR count). The minimum Gasteiger partial charge on any atom is -0.444 e. The summed E-state index contributed by atoms with van der Waals surface area (Å²) in [5.41, 5.74) is 3.65. The van der Waals surface area contributed by atoms with Gasteiger partial charge >= 0.3 is 6.09 Å². The second-order valence-corrected chi connectivity index (χ2v) is 6.21. The van der Waals surface area contributed by atoms with Crippen LogP contribution in [0.3, 0.4) is 0 Å². The van der Waals surface area contributed by atoms with Gasteiger partial charge in [-0.05, 0) is 46.6 Å². The van der Waals surface area contributed by atoms with E-state index >= 15 is 0 Å². The van der Waals surface area contributed by atoms with Crippen LogP contribution in [0.4, 0.5) is 13.6 Å². The zero-order chi connectivity index (χ0) is 14.7. The maximum atomic E-state index is 13.3. The lowest BCUT2D eigenvalue weighted by molar-refractivity contribution is -0.0628. The van der Waals surface area contributed by atoms with Gasteiger partial charge in [-0.3, -0.25) is 0 Å². The molecule has 0 aromatic carbocycles. The Labute approximate surface area is 113 Å². The quantitative estimate of drug-likeness (QED) is 0.863. The average Bonchev–Trinajstić information content (AvgIpc) is 2.27. The summed E-state index contributed by atoms with van der Waals surface area (Å²) >= 11 is 0. The summed E-state index contributed by atoms with van der Waals surface area (Å²) < 4.78 is 31.8. The number of likely N-dealkylation sites (tertiary alicyclic amines) is 1. The summed E-state index contributed by atoms with van der Waals surface area (Å²) in [7, 11) is 0. The molecule has 1 saturated heterocycles. The van der Waals surface area contributed by atoms with Crippen molar-refractivity contribution in [2.24, 2.45) is 11.1 Å². The highest BCUT2D eigenvalue weighted by atomic mass is 19.3. The second kappa shape index (κ2) is 6.03. The number of carbonyl (C=O) groups excluding carboxylic acids is 1. The summed E-state index contributed by atoms with van der Waals surface area (Å²) in [6.07, 6.45) is -1.80. The van der Waals surface area contributed by atoms with Gasteiger partial charge in [-0.1, -0.05) is 0 Å². The number of alkyl halides is 2. The molecule has 1 aliphatic rings. The molecule has 112 valence electrons. The number of nitrogens with zero attached hydrogens (tertiary/aromatic N) is 1. The predicted octanol–water partition coefficient (Wildman–Crippen LogP) is 2.62. The van der Waals surface area contributed by atoms with E-state index in [1.165, 1.54) is 4.90 Å². The lowest BCUT2D eigenvalue weighted by Crippen LogP contribution is -2.51. The first-order chi connectivity index (χ1) is 8.70. The molecule has 0 bridgehead atoms. The van der Waals surface area contributed by atoms with Crippen molar-refractivity contribution in [3.8, 4) is 0 Å². The molecule has 0 aliphatic carbocycles. The highest BCUT2D eigenvalue weighted by Crippen LogP contribution is 2.39. The molecule has 0 aromatic rings. The monoisotopic (exact) mass is 278 g/mol. The molecule has 4 nitrogen and oxygen atoms in total. The standard InChI is InChI=1S/C13H24F2N2O2/c1-12(2,3)19-11(18)17-8-4-5-13(9-17,6-7-16)10(14)15/h10H,4-9,16H2,1-3H3. The molecule has 2 N–H and O–H groups in total. The number of hydrogen-bond donors (Lipinski definition) is 1. The molecule has 1 aliphatic heterocycles. The van der Waals surface area contributed by atoms with Crippen molar-refractivity contribution in [1.29, 1.82) is 0 Å². The van der Waals surface area contributed by atoms with Crippen molar-refractivity contribution < 1.29 is 18.3 Å². The summed E-state index contributed by atoms with van der Waals surface area (Å²) in [5, 5.41) is 0. The van der Waals surface area contributed by atoms with E-state index in [-0.39, 0.29) is 19.5 Å². The van der Waals surface area contributed by atoms with E-state index in [4.69, 9.17) is 10.5 Å². The molecule has 1 unspecified atom stereocenters. The van der Waals surface area contributed by atoms with Crippen LogP contribution in [0.15, 0.2) is 0 Å². The van der Waals surface area contributed by atoms with Crippen LogP contribution < -0.4 is 5.73 Å². The summed E-state index contributed by atoms with van der Waals surface area (Å²) in [6, 6.07) is 0. The van der Waals surface area contributed by atoms with Crippen LogP contribution in [-0.4, -0.2) is 42.7 Å². The number of nitrogens with two attached hydrogens (primary N) is 1. The van der Waals surface area contributed by atoms with Gasteiger partial charge < -0.3 is 15.4 Å². The van der Waals surface area contributed by atoms with Crippen molar-refractivity contribution in [2.75, 3.05) is 19.6 Å². The highest BCUT2D eigenvalue weighted by molar-refractivity contribution is 5.68. The van der Waals surface area contributed by atoms with E-state index < -0.39 is 23.5 Å². The van der Waals surface area contributed by atoms with Gasteiger partial charge in [0.2, 0.25) is 6.43 Å². The van der Waals surface area contributed by atoms with Crippen LogP contribution in [0.25, 0.3) is 0 Å². The van der Waals surface area contributed by atoms with Crippen LogP contribution in [0, 0.1) is 5.41 Å². The minimum atomic E-state index is -2.47. The smallest absolute Gasteiger partial charge is 0.410 e. The number of halogens is 2. The van der Waals surface area contributed by atoms with Crippen molar-refractivity contribution in [3.05, 3.63) is 0 Å². The van der Waals surface area contributed by atoms with Gasteiger partial charge in [-0.2, -0.15) is 0 Å². The van der Waals surface area contributed by atoms with Gasteiger partial charge in [0.25, 0.3) is 0 Å². The first kappa shape index (κ1) is 16.1. The van der Waals surface area contributed by atoms with Crippen molar-refractivity contribution >= 4 is 6.09 Å². The normalized spacial score (nSPS) is 24.7. The molecule has 0 saturated carbocycles. The zero-order valence-electron chi connectivity index (χ0n) is 11.9. The number of carbonyl (C=O) groups is 1. The molecule has 19 heavy (non-hydrogen) atoms. The molecule has 1 amide bonds. The van der Waals surface area contributed by atoms with E-state index in [0.29, 0.717) is 19.4 Å². The van der Waals surface area contributed by atoms with E-state index in [9.17, 15) is 13.6 Å². The van der Waals surface area contributed by atoms with Gasteiger partial charge in [0.1, 0.15) is 5.60 Å². The molecule has 0 radical (unpaired) electrons. The Morgan fingerprint density at radius 3 is 2.58 bits per heavy atom. The Morgan fingerprint density at radius 1 is 1.47 bits per heavy atom. The van der Waals surface area contributed by atoms with E-state index in [1.54, 1.807) is 20.8 Å². The fraction of sp³-hybridized carbons (Fsp3) is 0.923. The molecule has 1 fully saturated rings. The average molecular weight is 278 g/mol.